The fourth-order valence-electron chi connectivity index (χ4n) is 1.54. The molecule has 2 heterocycles. The van der Waals surface area contributed by atoms with Gasteiger partial charge in [-0.2, -0.15) is 0 Å². The van der Waals surface area contributed by atoms with Crippen LogP contribution in [-0.2, 0) is 6.54 Å². The zero-order chi connectivity index (χ0) is 9.10. The van der Waals surface area contributed by atoms with Gasteiger partial charge in [0.25, 0.3) is 0 Å². The number of likely N-dealkylation sites (N-methyl/N-ethyl adjacent to an activating group) is 1. The summed E-state index contributed by atoms with van der Waals surface area (Å²) in [7, 11) is 0. The smallest absolute Gasteiger partial charge is 0.107 e. The lowest BCUT2D eigenvalue weighted by Crippen LogP contribution is -2.56. The highest BCUT2D eigenvalue weighted by molar-refractivity contribution is 7.09. The van der Waals surface area contributed by atoms with Gasteiger partial charge in [0, 0.05) is 30.7 Å². The first-order chi connectivity index (χ1) is 6.40. The van der Waals surface area contributed by atoms with Crippen molar-refractivity contribution in [1.82, 2.24) is 15.2 Å². The first-order valence-electron chi connectivity index (χ1n) is 4.73. The van der Waals surface area contributed by atoms with Crippen LogP contribution in [-0.4, -0.2) is 35.6 Å². The van der Waals surface area contributed by atoms with Gasteiger partial charge in [-0.15, -0.1) is 11.3 Å². The Hall–Kier alpha value is -0.450. The lowest BCUT2D eigenvalue weighted by molar-refractivity contribution is 0.145. The van der Waals surface area contributed by atoms with Crippen LogP contribution in [0.15, 0.2) is 11.6 Å². The molecule has 1 fully saturated rings. The number of nitrogens with one attached hydrogen (secondary N) is 1. The highest BCUT2D eigenvalue weighted by Crippen LogP contribution is 2.12. The van der Waals surface area contributed by atoms with Gasteiger partial charge in [-0.05, 0) is 6.54 Å². The fourth-order valence-corrected chi connectivity index (χ4v) is 2.18. The first-order valence-corrected chi connectivity index (χ1v) is 5.61. The fraction of sp³-hybridized carbons (Fsp3) is 0.667. The molecule has 0 spiro atoms. The van der Waals surface area contributed by atoms with Crippen LogP contribution in [0.5, 0.6) is 0 Å². The van der Waals surface area contributed by atoms with Crippen LogP contribution in [0.1, 0.15) is 11.9 Å². The molecule has 1 saturated heterocycles. The molecule has 0 atom stereocenters. The molecule has 1 aliphatic rings. The maximum Gasteiger partial charge on any atom is 0.107 e. The Kier molecular flexibility index (Phi) is 2.93. The van der Waals surface area contributed by atoms with E-state index in [4.69, 9.17) is 0 Å². The number of hydrogen-bond acceptors (Lipinski definition) is 4. The number of rotatable bonds is 4. The highest BCUT2D eigenvalue weighted by Gasteiger charge is 2.23. The number of thiazole rings is 1. The molecule has 0 bridgehead atoms. The predicted octanol–water partition coefficient (Wildman–Crippen LogP) is 0.937. The van der Waals surface area contributed by atoms with Crippen molar-refractivity contribution in [3.8, 4) is 0 Å². The maximum absolute atomic E-state index is 4.30. The summed E-state index contributed by atoms with van der Waals surface area (Å²) in [6.45, 7) is 6.62. The summed E-state index contributed by atoms with van der Waals surface area (Å²) in [4.78, 5) is 6.78. The highest BCUT2D eigenvalue weighted by atomic mass is 32.1. The average Bonchev–Trinajstić information content (AvgIpc) is 2.52. The molecule has 1 N–H and O–H groups in total. The van der Waals surface area contributed by atoms with E-state index in [1.165, 1.54) is 5.01 Å². The van der Waals surface area contributed by atoms with Crippen LogP contribution in [0.25, 0.3) is 0 Å². The minimum atomic E-state index is 0.730. The third-order valence-electron chi connectivity index (χ3n) is 2.50. The zero-order valence-corrected chi connectivity index (χ0v) is 8.68. The summed E-state index contributed by atoms with van der Waals surface area (Å²) in [5.41, 5.74) is 0. The zero-order valence-electron chi connectivity index (χ0n) is 7.86. The van der Waals surface area contributed by atoms with Crippen molar-refractivity contribution in [2.24, 2.45) is 0 Å². The third-order valence-corrected chi connectivity index (χ3v) is 3.27. The van der Waals surface area contributed by atoms with E-state index < -0.39 is 0 Å². The van der Waals surface area contributed by atoms with Gasteiger partial charge in [-0.1, -0.05) is 6.92 Å². The van der Waals surface area contributed by atoms with Gasteiger partial charge in [-0.25, -0.2) is 4.98 Å². The van der Waals surface area contributed by atoms with Crippen molar-refractivity contribution >= 4 is 11.3 Å². The lowest BCUT2D eigenvalue weighted by atomic mass is 10.1. The van der Waals surface area contributed by atoms with Crippen molar-refractivity contribution in [3.63, 3.8) is 0 Å². The Morgan fingerprint density at radius 3 is 3.00 bits per heavy atom. The monoisotopic (exact) mass is 197 g/mol. The van der Waals surface area contributed by atoms with Crippen LogP contribution >= 0.6 is 11.3 Å². The summed E-state index contributed by atoms with van der Waals surface area (Å²) in [5.74, 6) is 0. The lowest BCUT2D eigenvalue weighted by Gasteiger charge is -2.37. The number of nitrogens with zero attached hydrogens (tertiary/aromatic N) is 2. The Morgan fingerprint density at radius 1 is 1.69 bits per heavy atom. The van der Waals surface area contributed by atoms with Gasteiger partial charge < -0.3 is 5.32 Å². The quantitative estimate of drug-likeness (QED) is 0.778. The van der Waals surface area contributed by atoms with Gasteiger partial charge >= 0.3 is 0 Å². The van der Waals surface area contributed by atoms with Gasteiger partial charge in [0.1, 0.15) is 5.01 Å². The predicted molar refractivity (Wildman–Crippen MR) is 54.9 cm³/mol. The summed E-state index contributed by atoms with van der Waals surface area (Å²) < 4.78 is 0. The molecule has 1 aromatic rings. The first kappa shape index (κ1) is 9.12. The van der Waals surface area contributed by atoms with E-state index in [9.17, 15) is 0 Å². The van der Waals surface area contributed by atoms with Crippen molar-refractivity contribution < 1.29 is 0 Å². The van der Waals surface area contributed by atoms with Crippen LogP contribution in [0.2, 0.25) is 0 Å². The molecule has 3 nitrogen and oxygen atoms in total. The molecule has 0 saturated carbocycles. The second-order valence-electron chi connectivity index (χ2n) is 3.30. The Labute approximate surface area is 82.8 Å². The van der Waals surface area contributed by atoms with E-state index in [1.54, 1.807) is 11.3 Å². The molecule has 13 heavy (non-hydrogen) atoms. The summed E-state index contributed by atoms with van der Waals surface area (Å²) in [6.07, 6.45) is 1.88. The van der Waals surface area contributed by atoms with E-state index in [1.807, 2.05) is 11.6 Å². The molecular formula is C9H15N3S. The standard InChI is InChI=1S/C9H15N3S/c1-2-12(8-5-10-6-8)7-9-11-3-4-13-9/h3-4,8,10H,2,5-7H2,1H3. The van der Waals surface area contributed by atoms with Crippen molar-refractivity contribution in [2.75, 3.05) is 19.6 Å². The molecular weight excluding hydrogens is 182 g/mol. The van der Waals surface area contributed by atoms with E-state index in [-0.39, 0.29) is 0 Å². The summed E-state index contributed by atoms with van der Waals surface area (Å²) in [5, 5.41) is 6.57. The normalized spacial score (nSPS) is 17.7. The van der Waals surface area contributed by atoms with Crippen LogP contribution in [0.4, 0.5) is 0 Å². The topological polar surface area (TPSA) is 28.2 Å². The molecule has 0 aromatic carbocycles. The average molecular weight is 197 g/mol. The third kappa shape index (κ3) is 2.07. The molecule has 72 valence electrons. The summed E-state index contributed by atoms with van der Waals surface area (Å²) in [6, 6.07) is 0.730. The van der Waals surface area contributed by atoms with Crippen molar-refractivity contribution in [2.45, 2.75) is 19.5 Å². The van der Waals surface area contributed by atoms with Gasteiger partial charge in [0.15, 0.2) is 0 Å². The molecule has 0 amide bonds. The number of aromatic nitrogens is 1. The summed E-state index contributed by atoms with van der Waals surface area (Å²) >= 11 is 1.75. The van der Waals surface area contributed by atoms with Gasteiger partial charge in [0.05, 0.1) is 6.54 Å². The Balaban J connectivity index is 1.90. The van der Waals surface area contributed by atoms with Crippen molar-refractivity contribution in [3.05, 3.63) is 16.6 Å². The van der Waals surface area contributed by atoms with E-state index in [2.05, 4.69) is 22.1 Å². The van der Waals surface area contributed by atoms with Gasteiger partial charge in [0.2, 0.25) is 0 Å². The molecule has 4 heteroatoms. The van der Waals surface area contributed by atoms with Crippen LogP contribution < -0.4 is 5.32 Å². The number of hydrogen-bond donors (Lipinski definition) is 1. The van der Waals surface area contributed by atoms with Gasteiger partial charge in [-0.3, -0.25) is 4.90 Å². The molecule has 0 aliphatic carbocycles. The second-order valence-corrected chi connectivity index (χ2v) is 4.28. The Morgan fingerprint density at radius 2 is 2.54 bits per heavy atom. The minimum absolute atomic E-state index is 0.730. The van der Waals surface area contributed by atoms with E-state index in [0.717, 1.165) is 32.2 Å². The van der Waals surface area contributed by atoms with Crippen LogP contribution in [0, 0.1) is 0 Å². The largest absolute Gasteiger partial charge is 0.314 e. The molecule has 2 rings (SSSR count). The molecule has 1 aliphatic heterocycles. The minimum Gasteiger partial charge on any atom is -0.314 e. The van der Waals surface area contributed by atoms with Crippen molar-refractivity contribution in [1.29, 1.82) is 0 Å². The molecule has 1 aromatic heterocycles. The SMILES string of the molecule is CCN(Cc1nccs1)C1CNC1. The second kappa shape index (κ2) is 4.17. The molecule has 0 unspecified atom stereocenters. The van der Waals surface area contributed by atoms with Crippen LogP contribution in [0.3, 0.4) is 0 Å². The Bertz CT molecular complexity index is 243. The molecule has 0 radical (unpaired) electrons. The van der Waals surface area contributed by atoms with E-state index in [0.29, 0.717) is 0 Å². The maximum atomic E-state index is 4.30. The van der Waals surface area contributed by atoms with E-state index >= 15 is 0 Å².